The fraction of sp³-hybridized carbons (Fsp3) is 1.00. The quantitative estimate of drug-likeness (QED) is 0.729. The number of rotatable bonds is 3. The van der Waals surface area contributed by atoms with Crippen LogP contribution in [0.2, 0.25) is 0 Å². The minimum atomic E-state index is 0.372. The molecule has 1 saturated carbocycles. The molecule has 0 amide bonds. The lowest BCUT2D eigenvalue weighted by Gasteiger charge is -2.28. The maximum absolute atomic E-state index is 5.91. The molecule has 14 heavy (non-hydrogen) atoms. The zero-order valence-corrected chi connectivity index (χ0v) is 10.2. The number of hydrogen-bond donors (Lipinski definition) is 0. The second-order valence-electron chi connectivity index (χ2n) is 4.31. The summed E-state index contributed by atoms with van der Waals surface area (Å²) in [5, 5.41) is 0. The molecular weight excluding hydrogens is 244 g/mol. The van der Waals surface area contributed by atoms with Gasteiger partial charge in [-0.05, 0) is 25.7 Å². The summed E-state index contributed by atoms with van der Waals surface area (Å²) in [6, 6.07) is 0. The third-order valence-electron chi connectivity index (χ3n) is 3.14. The molecule has 0 spiro atoms. The van der Waals surface area contributed by atoms with Crippen LogP contribution < -0.4 is 0 Å². The van der Waals surface area contributed by atoms with E-state index in [-0.39, 0.29) is 0 Å². The fourth-order valence-corrected chi connectivity index (χ4v) is 2.99. The summed E-state index contributed by atoms with van der Waals surface area (Å²) >= 11 is 3.70. The van der Waals surface area contributed by atoms with Crippen LogP contribution in [0.4, 0.5) is 0 Å². The Morgan fingerprint density at radius 2 is 2.00 bits per heavy atom. The molecule has 0 bridgehead atoms. The van der Waals surface area contributed by atoms with Crippen molar-refractivity contribution in [2.45, 2.75) is 55.6 Å². The Hall–Kier alpha value is 0.400. The van der Waals surface area contributed by atoms with Crippen LogP contribution in [0.15, 0.2) is 0 Å². The molecule has 1 aliphatic heterocycles. The molecule has 82 valence electrons. The second kappa shape index (κ2) is 5.47. The van der Waals surface area contributed by atoms with Crippen molar-refractivity contribution in [1.29, 1.82) is 0 Å². The first-order valence-electron chi connectivity index (χ1n) is 5.73. The molecule has 1 saturated heterocycles. The fourth-order valence-electron chi connectivity index (χ4n) is 2.25. The first kappa shape index (κ1) is 10.9. The molecule has 3 unspecified atom stereocenters. The summed E-state index contributed by atoms with van der Waals surface area (Å²) in [4.78, 5) is 0.567. The van der Waals surface area contributed by atoms with Crippen molar-refractivity contribution < 1.29 is 9.47 Å². The van der Waals surface area contributed by atoms with Gasteiger partial charge in [-0.2, -0.15) is 0 Å². The molecular formula is C11H19BrO2. The summed E-state index contributed by atoms with van der Waals surface area (Å²) in [5.74, 6) is 0. The summed E-state index contributed by atoms with van der Waals surface area (Å²) < 4.78 is 11.4. The van der Waals surface area contributed by atoms with Gasteiger partial charge in [-0.1, -0.05) is 28.8 Å². The second-order valence-corrected chi connectivity index (χ2v) is 5.48. The van der Waals surface area contributed by atoms with Gasteiger partial charge in [-0.15, -0.1) is 0 Å². The Kier molecular flexibility index (Phi) is 4.26. The highest BCUT2D eigenvalue weighted by atomic mass is 79.9. The highest BCUT2D eigenvalue weighted by molar-refractivity contribution is 9.09. The molecule has 0 N–H and O–H groups in total. The zero-order chi connectivity index (χ0) is 9.80. The van der Waals surface area contributed by atoms with Crippen molar-refractivity contribution in [3.8, 4) is 0 Å². The van der Waals surface area contributed by atoms with E-state index in [0.29, 0.717) is 17.0 Å². The Labute approximate surface area is 94.5 Å². The predicted molar refractivity (Wildman–Crippen MR) is 59.9 cm³/mol. The minimum absolute atomic E-state index is 0.372. The van der Waals surface area contributed by atoms with E-state index < -0.39 is 0 Å². The lowest BCUT2D eigenvalue weighted by Crippen LogP contribution is -2.30. The normalized spacial score (nSPS) is 38.8. The van der Waals surface area contributed by atoms with Crippen LogP contribution >= 0.6 is 15.9 Å². The Morgan fingerprint density at radius 3 is 2.71 bits per heavy atom. The van der Waals surface area contributed by atoms with Crippen LogP contribution in [0.25, 0.3) is 0 Å². The summed E-state index contributed by atoms with van der Waals surface area (Å²) in [5.41, 5.74) is 0. The molecule has 0 aromatic heterocycles. The van der Waals surface area contributed by atoms with Crippen LogP contribution in [-0.4, -0.2) is 30.2 Å². The summed E-state index contributed by atoms with van der Waals surface area (Å²) in [7, 11) is 0. The van der Waals surface area contributed by atoms with E-state index in [1.165, 1.54) is 38.5 Å². The van der Waals surface area contributed by atoms with E-state index in [0.717, 1.165) is 13.2 Å². The van der Waals surface area contributed by atoms with Crippen molar-refractivity contribution in [1.82, 2.24) is 0 Å². The van der Waals surface area contributed by atoms with E-state index >= 15 is 0 Å². The van der Waals surface area contributed by atoms with Crippen molar-refractivity contribution in [3.05, 3.63) is 0 Å². The standard InChI is InChI=1S/C11H19BrO2/c12-10-5-1-2-6-11(10)14-8-9-4-3-7-13-9/h9-11H,1-8H2. The molecule has 1 aliphatic carbocycles. The molecule has 0 aromatic rings. The van der Waals surface area contributed by atoms with Gasteiger partial charge in [0.15, 0.2) is 0 Å². The SMILES string of the molecule is BrC1CCCCC1OCC1CCCO1. The van der Waals surface area contributed by atoms with E-state index in [2.05, 4.69) is 15.9 Å². The molecule has 3 atom stereocenters. The predicted octanol–water partition coefficient (Wildman–Crippen LogP) is 2.89. The summed E-state index contributed by atoms with van der Waals surface area (Å²) in [6.07, 6.45) is 8.31. The van der Waals surface area contributed by atoms with Gasteiger partial charge < -0.3 is 9.47 Å². The van der Waals surface area contributed by atoms with E-state index in [4.69, 9.17) is 9.47 Å². The molecule has 3 heteroatoms. The summed E-state index contributed by atoms with van der Waals surface area (Å²) in [6.45, 7) is 1.73. The molecule has 2 fully saturated rings. The number of hydrogen-bond acceptors (Lipinski definition) is 2. The number of alkyl halides is 1. The largest absolute Gasteiger partial charge is 0.376 e. The van der Waals surface area contributed by atoms with Gasteiger partial charge in [0.2, 0.25) is 0 Å². The van der Waals surface area contributed by atoms with Gasteiger partial charge >= 0.3 is 0 Å². The van der Waals surface area contributed by atoms with Crippen LogP contribution in [0.5, 0.6) is 0 Å². The monoisotopic (exact) mass is 262 g/mol. The van der Waals surface area contributed by atoms with Crippen molar-refractivity contribution in [3.63, 3.8) is 0 Å². The number of halogens is 1. The lowest BCUT2D eigenvalue weighted by molar-refractivity contribution is -0.0290. The van der Waals surface area contributed by atoms with Gasteiger partial charge in [0.25, 0.3) is 0 Å². The average Bonchev–Trinajstić information content (AvgIpc) is 2.69. The third-order valence-corrected chi connectivity index (χ3v) is 4.19. The van der Waals surface area contributed by atoms with Crippen molar-refractivity contribution in [2.24, 2.45) is 0 Å². The van der Waals surface area contributed by atoms with Crippen molar-refractivity contribution in [2.75, 3.05) is 13.2 Å². The molecule has 0 aromatic carbocycles. The van der Waals surface area contributed by atoms with Gasteiger partial charge in [0, 0.05) is 11.4 Å². The smallest absolute Gasteiger partial charge is 0.0809 e. The zero-order valence-electron chi connectivity index (χ0n) is 8.58. The van der Waals surface area contributed by atoms with Crippen LogP contribution in [0, 0.1) is 0 Å². The van der Waals surface area contributed by atoms with Gasteiger partial charge in [-0.3, -0.25) is 0 Å². The van der Waals surface area contributed by atoms with Crippen molar-refractivity contribution >= 4 is 15.9 Å². The lowest BCUT2D eigenvalue weighted by atomic mass is 9.97. The van der Waals surface area contributed by atoms with E-state index in [1.54, 1.807) is 0 Å². The molecule has 0 radical (unpaired) electrons. The van der Waals surface area contributed by atoms with Crippen LogP contribution in [0.1, 0.15) is 38.5 Å². The molecule has 2 nitrogen and oxygen atoms in total. The van der Waals surface area contributed by atoms with Gasteiger partial charge in [-0.25, -0.2) is 0 Å². The first-order valence-corrected chi connectivity index (χ1v) is 6.65. The maximum atomic E-state index is 5.91. The maximum Gasteiger partial charge on any atom is 0.0809 e. The minimum Gasteiger partial charge on any atom is -0.376 e. The average molecular weight is 263 g/mol. The Bertz CT molecular complexity index is 169. The Balaban J connectivity index is 1.67. The Morgan fingerprint density at radius 1 is 1.14 bits per heavy atom. The third kappa shape index (κ3) is 2.94. The highest BCUT2D eigenvalue weighted by Gasteiger charge is 2.25. The molecule has 1 heterocycles. The highest BCUT2D eigenvalue weighted by Crippen LogP contribution is 2.27. The number of ether oxygens (including phenoxy) is 2. The first-order chi connectivity index (χ1) is 6.86. The van der Waals surface area contributed by atoms with Gasteiger partial charge in [0.05, 0.1) is 18.8 Å². The molecule has 2 rings (SSSR count). The van der Waals surface area contributed by atoms with E-state index in [9.17, 15) is 0 Å². The van der Waals surface area contributed by atoms with Crippen LogP contribution in [0.3, 0.4) is 0 Å². The van der Waals surface area contributed by atoms with E-state index in [1.807, 2.05) is 0 Å². The van der Waals surface area contributed by atoms with Gasteiger partial charge in [0.1, 0.15) is 0 Å². The molecule has 2 aliphatic rings. The van der Waals surface area contributed by atoms with Crippen LogP contribution in [-0.2, 0) is 9.47 Å². The topological polar surface area (TPSA) is 18.5 Å².